The lowest BCUT2D eigenvalue weighted by molar-refractivity contribution is 0.104. The number of allylic oxidation sites excluding steroid dienone is 1. The monoisotopic (exact) mass is 253 g/mol. The number of hydrogen-bond donors (Lipinski definition) is 1. The summed E-state index contributed by atoms with van der Waals surface area (Å²) in [7, 11) is 1.56. The maximum Gasteiger partial charge on any atom is 0.199 e. The molecular formula is C15H11NO3. The van der Waals surface area contributed by atoms with Crippen molar-refractivity contribution < 1.29 is 14.3 Å². The molecule has 1 aliphatic rings. The summed E-state index contributed by atoms with van der Waals surface area (Å²) in [5.41, 5.74) is 1.58. The largest absolute Gasteiger partial charge is 0.506 e. The van der Waals surface area contributed by atoms with Crippen LogP contribution in [0, 0.1) is 0 Å². The fourth-order valence-electron chi connectivity index (χ4n) is 2.24. The molecule has 1 aromatic carbocycles. The first-order chi connectivity index (χ1) is 9.24. The molecule has 4 nitrogen and oxygen atoms in total. The van der Waals surface area contributed by atoms with E-state index < -0.39 is 0 Å². The average molecular weight is 253 g/mol. The smallest absolute Gasteiger partial charge is 0.199 e. The number of rotatable bonds is 2. The van der Waals surface area contributed by atoms with Crippen molar-refractivity contribution in [3.8, 4) is 0 Å². The van der Waals surface area contributed by atoms with Crippen molar-refractivity contribution in [1.29, 1.82) is 0 Å². The SMILES string of the molecule is CN=C(C1=C(O)c2ccccc2C1=O)c1ccco1. The Kier molecular flexibility index (Phi) is 2.56. The molecule has 1 aliphatic carbocycles. The first-order valence-corrected chi connectivity index (χ1v) is 5.82. The lowest BCUT2D eigenvalue weighted by Gasteiger charge is -2.03. The number of aliphatic hydroxyl groups excluding tert-OH is 1. The number of benzene rings is 1. The number of carbonyl (C=O) groups excluding carboxylic acids is 1. The van der Waals surface area contributed by atoms with Crippen LogP contribution in [-0.4, -0.2) is 23.6 Å². The summed E-state index contributed by atoms with van der Waals surface area (Å²) >= 11 is 0. The molecule has 94 valence electrons. The normalized spacial score (nSPS) is 15.0. The molecule has 0 bridgehead atoms. The lowest BCUT2D eigenvalue weighted by atomic mass is 10.0. The Bertz CT molecular complexity index is 709. The summed E-state index contributed by atoms with van der Waals surface area (Å²) < 4.78 is 5.27. The fourth-order valence-corrected chi connectivity index (χ4v) is 2.24. The standard InChI is InChI=1S/C15H11NO3/c1-16-13(11-7-4-8-19-11)12-14(17)9-5-2-3-6-10(9)15(12)18/h2-8,17H,1H3. The first kappa shape index (κ1) is 11.5. The number of ketones is 1. The minimum atomic E-state index is -0.231. The molecule has 0 amide bonds. The Morgan fingerprint density at radius 2 is 1.89 bits per heavy atom. The van der Waals surface area contributed by atoms with Crippen LogP contribution >= 0.6 is 0 Å². The summed E-state index contributed by atoms with van der Waals surface area (Å²) in [6.07, 6.45) is 1.50. The number of carbonyl (C=O) groups is 1. The predicted molar refractivity (Wildman–Crippen MR) is 71.5 cm³/mol. The van der Waals surface area contributed by atoms with Gasteiger partial charge in [0.2, 0.25) is 0 Å². The van der Waals surface area contributed by atoms with Gasteiger partial charge < -0.3 is 9.52 Å². The van der Waals surface area contributed by atoms with E-state index in [0.717, 1.165) is 0 Å². The maximum absolute atomic E-state index is 12.4. The molecule has 0 saturated carbocycles. The van der Waals surface area contributed by atoms with Gasteiger partial charge in [-0.15, -0.1) is 0 Å². The van der Waals surface area contributed by atoms with Crippen LogP contribution in [0.3, 0.4) is 0 Å². The molecule has 0 spiro atoms. The summed E-state index contributed by atoms with van der Waals surface area (Å²) in [6, 6.07) is 10.4. The van der Waals surface area contributed by atoms with E-state index in [0.29, 0.717) is 22.6 Å². The fraction of sp³-hybridized carbons (Fsp3) is 0.0667. The Morgan fingerprint density at radius 1 is 1.16 bits per heavy atom. The minimum absolute atomic E-state index is 0.0439. The van der Waals surface area contributed by atoms with Gasteiger partial charge in [-0.1, -0.05) is 24.3 Å². The first-order valence-electron chi connectivity index (χ1n) is 5.82. The van der Waals surface area contributed by atoms with Gasteiger partial charge in [0.1, 0.15) is 11.5 Å². The van der Waals surface area contributed by atoms with Gasteiger partial charge in [-0.3, -0.25) is 9.79 Å². The van der Waals surface area contributed by atoms with Crippen molar-refractivity contribution in [2.45, 2.75) is 0 Å². The molecule has 1 aromatic heterocycles. The molecule has 0 radical (unpaired) electrons. The van der Waals surface area contributed by atoms with Crippen LogP contribution in [0.25, 0.3) is 5.76 Å². The summed E-state index contributed by atoms with van der Waals surface area (Å²) in [4.78, 5) is 16.4. The van der Waals surface area contributed by atoms with Gasteiger partial charge in [0.05, 0.1) is 11.8 Å². The van der Waals surface area contributed by atoms with Crippen molar-refractivity contribution in [1.82, 2.24) is 0 Å². The molecule has 1 heterocycles. The van der Waals surface area contributed by atoms with Gasteiger partial charge in [0, 0.05) is 18.2 Å². The van der Waals surface area contributed by atoms with E-state index in [1.165, 1.54) is 6.26 Å². The van der Waals surface area contributed by atoms with E-state index in [9.17, 15) is 9.90 Å². The van der Waals surface area contributed by atoms with Gasteiger partial charge >= 0.3 is 0 Å². The Labute approximate surface area is 109 Å². The number of nitrogens with zero attached hydrogens (tertiary/aromatic N) is 1. The molecule has 19 heavy (non-hydrogen) atoms. The number of fused-ring (bicyclic) bond motifs is 1. The quantitative estimate of drug-likeness (QED) is 0.837. The van der Waals surface area contributed by atoms with Gasteiger partial charge in [-0.25, -0.2) is 0 Å². The van der Waals surface area contributed by atoms with E-state index >= 15 is 0 Å². The second-order valence-corrected chi connectivity index (χ2v) is 4.15. The van der Waals surface area contributed by atoms with E-state index in [1.807, 2.05) is 0 Å². The lowest BCUT2D eigenvalue weighted by Crippen LogP contribution is -2.11. The highest BCUT2D eigenvalue weighted by atomic mass is 16.3. The molecule has 0 saturated heterocycles. The van der Waals surface area contributed by atoms with Crippen molar-refractivity contribution in [2.75, 3.05) is 7.05 Å². The molecule has 1 N–H and O–H groups in total. The van der Waals surface area contributed by atoms with E-state index in [4.69, 9.17) is 4.42 Å². The second kappa shape index (κ2) is 4.24. The van der Waals surface area contributed by atoms with Crippen LogP contribution in [-0.2, 0) is 0 Å². The predicted octanol–water partition coefficient (Wildman–Crippen LogP) is 2.86. The Balaban J connectivity index is 2.18. The summed E-state index contributed by atoms with van der Waals surface area (Å²) in [5.74, 6) is 0.188. The van der Waals surface area contributed by atoms with Crippen LogP contribution in [0.1, 0.15) is 21.7 Å². The number of Topliss-reactive ketones (excluding diaryl/α,β-unsaturated/α-hetero) is 1. The maximum atomic E-state index is 12.4. The molecule has 2 aromatic rings. The molecular weight excluding hydrogens is 242 g/mol. The van der Waals surface area contributed by atoms with Crippen molar-refractivity contribution in [3.63, 3.8) is 0 Å². The molecule has 0 fully saturated rings. The van der Waals surface area contributed by atoms with Crippen molar-refractivity contribution in [3.05, 3.63) is 65.1 Å². The van der Waals surface area contributed by atoms with Crippen LogP contribution in [0.5, 0.6) is 0 Å². The highest BCUT2D eigenvalue weighted by Gasteiger charge is 2.33. The molecule has 4 heteroatoms. The third-order valence-corrected chi connectivity index (χ3v) is 3.11. The van der Waals surface area contributed by atoms with Gasteiger partial charge in [-0.2, -0.15) is 0 Å². The molecule has 0 unspecified atom stereocenters. The molecule has 0 aliphatic heterocycles. The molecule has 3 rings (SSSR count). The third-order valence-electron chi connectivity index (χ3n) is 3.11. The average Bonchev–Trinajstić information content (AvgIpc) is 3.04. The third kappa shape index (κ3) is 1.61. The zero-order valence-electron chi connectivity index (χ0n) is 10.3. The molecule has 0 atom stereocenters. The number of hydrogen-bond acceptors (Lipinski definition) is 4. The van der Waals surface area contributed by atoms with Crippen LogP contribution in [0.4, 0.5) is 0 Å². The van der Waals surface area contributed by atoms with Gasteiger partial charge in [0.15, 0.2) is 11.5 Å². The summed E-state index contributed by atoms with van der Waals surface area (Å²) in [5, 5.41) is 10.2. The van der Waals surface area contributed by atoms with E-state index in [2.05, 4.69) is 4.99 Å². The zero-order valence-corrected chi connectivity index (χ0v) is 10.3. The highest BCUT2D eigenvalue weighted by Crippen LogP contribution is 2.33. The number of aliphatic hydroxyl groups is 1. The number of aliphatic imine (C=N–C) groups is 1. The van der Waals surface area contributed by atoms with Crippen LogP contribution < -0.4 is 0 Å². The van der Waals surface area contributed by atoms with Crippen LogP contribution in [0.15, 0.2) is 57.6 Å². The Hall–Kier alpha value is -2.62. The number of furan rings is 1. The topological polar surface area (TPSA) is 62.8 Å². The summed E-state index contributed by atoms with van der Waals surface area (Å²) in [6.45, 7) is 0. The van der Waals surface area contributed by atoms with Gasteiger partial charge in [-0.05, 0) is 12.1 Å². The Morgan fingerprint density at radius 3 is 2.47 bits per heavy atom. The van der Waals surface area contributed by atoms with Crippen LogP contribution in [0.2, 0.25) is 0 Å². The van der Waals surface area contributed by atoms with Gasteiger partial charge in [0.25, 0.3) is 0 Å². The minimum Gasteiger partial charge on any atom is -0.506 e. The van der Waals surface area contributed by atoms with Crippen molar-refractivity contribution >= 4 is 17.3 Å². The van der Waals surface area contributed by atoms with E-state index in [-0.39, 0.29) is 17.1 Å². The highest BCUT2D eigenvalue weighted by molar-refractivity contribution is 6.38. The van der Waals surface area contributed by atoms with E-state index in [1.54, 1.807) is 43.4 Å². The second-order valence-electron chi connectivity index (χ2n) is 4.15. The van der Waals surface area contributed by atoms with Crippen molar-refractivity contribution in [2.24, 2.45) is 4.99 Å². The zero-order chi connectivity index (χ0) is 13.4.